The summed E-state index contributed by atoms with van der Waals surface area (Å²) in [7, 11) is 0. The number of amides is 2. The first-order valence-corrected chi connectivity index (χ1v) is 11.3. The molecule has 7 heteroatoms. The molecule has 7 nitrogen and oxygen atoms in total. The summed E-state index contributed by atoms with van der Waals surface area (Å²) in [5.74, 6) is 0.415. The zero-order chi connectivity index (χ0) is 24.9. The van der Waals surface area contributed by atoms with Gasteiger partial charge in [-0.15, -0.1) is 0 Å². The summed E-state index contributed by atoms with van der Waals surface area (Å²) in [6.07, 6.45) is 1.60. The van der Waals surface area contributed by atoms with Crippen molar-refractivity contribution in [2.45, 2.75) is 6.92 Å². The summed E-state index contributed by atoms with van der Waals surface area (Å²) >= 11 is 0. The maximum Gasteiger partial charge on any atom is 0.279 e. The second-order valence-corrected chi connectivity index (χ2v) is 8.13. The number of aryl methyl sites for hydroxylation is 1. The van der Waals surface area contributed by atoms with Gasteiger partial charge < -0.3 is 15.1 Å². The first-order chi connectivity index (χ1) is 17.6. The van der Waals surface area contributed by atoms with Gasteiger partial charge >= 0.3 is 0 Å². The smallest absolute Gasteiger partial charge is 0.279 e. The van der Waals surface area contributed by atoms with Crippen molar-refractivity contribution in [3.8, 4) is 22.8 Å². The standard InChI is InChI=1S/C29H22N4O3/c1-19-8-7-11-22(18-19)27(34)31-23-15-13-20(14-16-23)26-25(28(35)32-24-12-5-6-17-30-24)33-29(36-26)21-9-3-2-4-10-21/h2-18H,1H3,(H,31,34)(H,30,32,35). The van der Waals surface area contributed by atoms with Crippen LogP contribution in [0.3, 0.4) is 0 Å². The predicted molar refractivity (Wildman–Crippen MR) is 139 cm³/mol. The number of benzene rings is 3. The minimum Gasteiger partial charge on any atom is -0.435 e. The van der Waals surface area contributed by atoms with E-state index in [0.717, 1.165) is 11.1 Å². The number of hydrogen-bond acceptors (Lipinski definition) is 5. The van der Waals surface area contributed by atoms with Crippen LogP contribution in [0, 0.1) is 6.92 Å². The van der Waals surface area contributed by atoms with E-state index >= 15 is 0 Å². The number of anilines is 2. The Morgan fingerprint density at radius 3 is 2.25 bits per heavy atom. The van der Waals surface area contributed by atoms with Crippen molar-refractivity contribution in [2.24, 2.45) is 0 Å². The predicted octanol–water partition coefficient (Wildman–Crippen LogP) is 6.22. The highest BCUT2D eigenvalue weighted by Gasteiger charge is 2.23. The Morgan fingerprint density at radius 1 is 0.750 bits per heavy atom. The van der Waals surface area contributed by atoms with Gasteiger partial charge in [-0.25, -0.2) is 9.97 Å². The van der Waals surface area contributed by atoms with E-state index in [1.807, 2.05) is 55.5 Å². The first kappa shape index (κ1) is 22.7. The Hall–Kier alpha value is -5.04. The Bertz CT molecular complexity index is 1510. The lowest BCUT2D eigenvalue weighted by Crippen LogP contribution is -2.14. The second kappa shape index (κ2) is 10.1. The molecule has 0 unspecified atom stereocenters. The highest BCUT2D eigenvalue weighted by molar-refractivity contribution is 6.07. The lowest BCUT2D eigenvalue weighted by atomic mass is 10.1. The van der Waals surface area contributed by atoms with E-state index in [1.54, 1.807) is 54.7 Å². The fourth-order valence-electron chi connectivity index (χ4n) is 3.68. The van der Waals surface area contributed by atoms with Gasteiger partial charge in [0.25, 0.3) is 11.8 Å². The zero-order valence-electron chi connectivity index (χ0n) is 19.4. The van der Waals surface area contributed by atoms with Crippen LogP contribution in [0.15, 0.2) is 108 Å². The van der Waals surface area contributed by atoms with Crippen molar-refractivity contribution in [3.05, 3.63) is 120 Å². The van der Waals surface area contributed by atoms with Crippen molar-refractivity contribution in [1.29, 1.82) is 0 Å². The molecule has 0 saturated heterocycles. The monoisotopic (exact) mass is 474 g/mol. The highest BCUT2D eigenvalue weighted by Crippen LogP contribution is 2.31. The molecule has 0 aliphatic heterocycles. The summed E-state index contributed by atoms with van der Waals surface area (Å²) in [6, 6.07) is 29.1. The molecule has 0 bridgehead atoms. The molecular formula is C29H22N4O3. The molecule has 5 aromatic rings. The summed E-state index contributed by atoms with van der Waals surface area (Å²) in [5.41, 5.74) is 3.73. The van der Waals surface area contributed by atoms with Gasteiger partial charge in [-0.2, -0.15) is 0 Å². The van der Waals surface area contributed by atoms with Gasteiger partial charge in [0.15, 0.2) is 11.5 Å². The van der Waals surface area contributed by atoms with Crippen molar-refractivity contribution in [1.82, 2.24) is 9.97 Å². The summed E-state index contributed by atoms with van der Waals surface area (Å²) in [5, 5.41) is 5.66. The van der Waals surface area contributed by atoms with Crippen molar-refractivity contribution >= 4 is 23.3 Å². The SMILES string of the molecule is Cc1cccc(C(=O)Nc2ccc(-c3oc(-c4ccccc4)nc3C(=O)Nc3ccccn3)cc2)c1. The van der Waals surface area contributed by atoms with E-state index in [9.17, 15) is 9.59 Å². The van der Waals surface area contributed by atoms with Crippen LogP contribution in [0.1, 0.15) is 26.4 Å². The molecule has 3 aromatic carbocycles. The van der Waals surface area contributed by atoms with Crippen LogP contribution < -0.4 is 10.6 Å². The maximum absolute atomic E-state index is 13.1. The maximum atomic E-state index is 13.1. The molecule has 0 aliphatic rings. The first-order valence-electron chi connectivity index (χ1n) is 11.3. The van der Waals surface area contributed by atoms with Crippen LogP contribution in [0.5, 0.6) is 0 Å². The van der Waals surface area contributed by atoms with Crippen molar-refractivity contribution in [3.63, 3.8) is 0 Å². The van der Waals surface area contributed by atoms with Crippen LogP contribution in [0.2, 0.25) is 0 Å². The number of hydrogen-bond donors (Lipinski definition) is 2. The normalized spacial score (nSPS) is 10.6. The van der Waals surface area contributed by atoms with Gasteiger partial charge in [-0.1, -0.05) is 42.0 Å². The summed E-state index contributed by atoms with van der Waals surface area (Å²) in [6.45, 7) is 1.94. The van der Waals surface area contributed by atoms with Gasteiger partial charge in [0.05, 0.1) is 0 Å². The number of carbonyl (C=O) groups excluding carboxylic acids is 2. The van der Waals surface area contributed by atoms with Gasteiger partial charge in [-0.3, -0.25) is 9.59 Å². The third-order valence-electron chi connectivity index (χ3n) is 5.45. The largest absolute Gasteiger partial charge is 0.435 e. The molecule has 2 heterocycles. The molecule has 0 atom stereocenters. The number of aromatic nitrogens is 2. The average Bonchev–Trinajstić information content (AvgIpc) is 3.36. The Balaban J connectivity index is 1.44. The molecule has 5 rings (SSSR count). The Morgan fingerprint density at radius 2 is 1.53 bits per heavy atom. The Kier molecular flexibility index (Phi) is 6.36. The third kappa shape index (κ3) is 5.05. The average molecular weight is 475 g/mol. The van der Waals surface area contributed by atoms with Crippen molar-refractivity contribution in [2.75, 3.05) is 10.6 Å². The third-order valence-corrected chi connectivity index (χ3v) is 5.45. The minimum absolute atomic E-state index is 0.135. The number of pyridine rings is 1. The quantitative estimate of drug-likeness (QED) is 0.305. The molecule has 0 aliphatic carbocycles. The van der Waals surface area contributed by atoms with E-state index in [1.165, 1.54) is 0 Å². The van der Waals surface area contributed by atoms with Crippen molar-refractivity contribution < 1.29 is 14.0 Å². The van der Waals surface area contributed by atoms with Crippen LogP contribution >= 0.6 is 0 Å². The molecule has 2 aromatic heterocycles. The number of nitrogens with one attached hydrogen (secondary N) is 2. The van der Waals surface area contributed by atoms with Crippen LogP contribution in [-0.4, -0.2) is 21.8 Å². The topological polar surface area (TPSA) is 97.1 Å². The molecule has 0 spiro atoms. The number of oxazole rings is 1. The lowest BCUT2D eigenvalue weighted by molar-refractivity contribution is 0.101. The molecule has 0 saturated carbocycles. The van der Waals surface area contributed by atoms with Gasteiger partial charge in [-0.05, 0) is 67.6 Å². The van der Waals surface area contributed by atoms with E-state index in [2.05, 4.69) is 20.6 Å². The molecule has 176 valence electrons. The molecule has 2 amide bonds. The highest BCUT2D eigenvalue weighted by atomic mass is 16.4. The van der Waals surface area contributed by atoms with Crippen LogP contribution in [0.4, 0.5) is 11.5 Å². The molecule has 36 heavy (non-hydrogen) atoms. The molecule has 2 N–H and O–H groups in total. The number of nitrogens with zero attached hydrogens (tertiary/aromatic N) is 2. The minimum atomic E-state index is -0.438. The second-order valence-electron chi connectivity index (χ2n) is 8.13. The van der Waals surface area contributed by atoms with E-state index in [4.69, 9.17) is 4.42 Å². The van der Waals surface area contributed by atoms with Gasteiger partial charge in [0, 0.05) is 28.6 Å². The van der Waals surface area contributed by atoms with Crippen LogP contribution in [-0.2, 0) is 0 Å². The van der Waals surface area contributed by atoms with E-state index in [0.29, 0.717) is 34.3 Å². The van der Waals surface area contributed by atoms with Crippen LogP contribution in [0.25, 0.3) is 22.8 Å². The van der Waals surface area contributed by atoms with Gasteiger partial charge in [0.2, 0.25) is 5.89 Å². The number of carbonyl (C=O) groups is 2. The zero-order valence-corrected chi connectivity index (χ0v) is 19.4. The Labute approximate surface area is 207 Å². The summed E-state index contributed by atoms with van der Waals surface area (Å²) in [4.78, 5) is 34.4. The molecular weight excluding hydrogens is 452 g/mol. The van der Waals surface area contributed by atoms with Gasteiger partial charge in [0.1, 0.15) is 5.82 Å². The fraction of sp³-hybridized carbons (Fsp3) is 0.0345. The van der Waals surface area contributed by atoms with E-state index in [-0.39, 0.29) is 11.6 Å². The lowest BCUT2D eigenvalue weighted by Gasteiger charge is -2.07. The van der Waals surface area contributed by atoms with E-state index < -0.39 is 5.91 Å². The summed E-state index contributed by atoms with van der Waals surface area (Å²) < 4.78 is 6.07. The fourth-order valence-corrected chi connectivity index (χ4v) is 3.68. The number of rotatable bonds is 6. The molecule has 0 fully saturated rings. The molecule has 0 radical (unpaired) electrons.